The zero-order valence-electron chi connectivity index (χ0n) is 15.3. The van der Waals surface area contributed by atoms with E-state index in [0.717, 1.165) is 42.2 Å². The van der Waals surface area contributed by atoms with E-state index in [-0.39, 0.29) is 17.8 Å². The number of phenolic OH excluding ortho intramolecular Hbond substituents is 1. The molecule has 0 saturated heterocycles. The maximum atomic E-state index is 12.8. The molecule has 6 heteroatoms. The molecule has 3 aromatic rings. The molecule has 1 atom stereocenters. The van der Waals surface area contributed by atoms with Crippen molar-refractivity contribution in [1.82, 2.24) is 10.2 Å². The quantitative estimate of drug-likeness (QED) is 0.634. The Bertz CT molecular complexity index is 1010. The van der Waals surface area contributed by atoms with Crippen molar-refractivity contribution in [1.29, 1.82) is 0 Å². The van der Waals surface area contributed by atoms with Crippen LogP contribution in [0.5, 0.6) is 5.75 Å². The second-order valence-corrected chi connectivity index (χ2v) is 8.40. The number of phenols is 1. The molecule has 0 spiro atoms. The van der Waals surface area contributed by atoms with Crippen molar-refractivity contribution in [2.45, 2.75) is 25.7 Å². The Kier molecular flexibility index (Phi) is 4.30. The van der Waals surface area contributed by atoms with Crippen LogP contribution in [-0.4, -0.2) is 22.5 Å². The molecule has 1 aromatic heterocycles. The van der Waals surface area contributed by atoms with E-state index in [2.05, 4.69) is 39.8 Å². The number of thiophene rings is 1. The molecule has 2 aromatic carbocycles. The summed E-state index contributed by atoms with van der Waals surface area (Å²) in [4.78, 5) is 16.6. The highest BCUT2D eigenvalue weighted by molar-refractivity contribution is 7.16. The van der Waals surface area contributed by atoms with E-state index in [1.807, 2.05) is 18.2 Å². The van der Waals surface area contributed by atoms with Gasteiger partial charge in [0.1, 0.15) is 16.9 Å². The number of nitrogens with zero attached hydrogens (tertiary/aromatic N) is 1. The third-order valence-corrected chi connectivity index (χ3v) is 6.54. The van der Waals surface area contributed by atoms with Crippen molar-refractivity contribution in [2.24, 2.45) is 0 Å². The average Bonchev–Trinajstić information content (AvgIpc) is 3.07. The lowest BCUT2D eigenvalue weighted by atomic mass is 10.00. The highest BCUT2D eigenvalue weighted by atomic mass is 32.1. The van der Waals surface area contributed by atoms with Gasteiger partial charge in [-0.15, -0.1) is 11.3 Å². The number of amides is 1. The van der Waals surface area contributed by atoms with Crippen LogP contribution >= 0.6 is 11.3 Å². The molecule has 0 aliphatic carbocycles. The summed E-state index contributed by atoms with van der Waals surface area (Å²) >= 11 is 1.69. The van der Waals surface area contributed by atoms with Gasteiger partial charge in [0.2, 0.25) is 0 Å². The summed E-state index contributed by atoms with van der Waals surface area (Å²) in [5, 5.41) is 17.0. The molecule has 5 nitrogen and oxygen atoms in total. The van der Waals surface area contributed by atoms with Crippen LogP contribution in [0.2, 0.25) is 0 Å². The Morgan fingerprint density at radius 2 is 1.86 bits per heavy atom. The third kappa shape index (κ3) is 3.15. The van der Waals surface area contributed by atoms with Gasteiger partial charge in [-0.1, -0.05) is 42.5 Å². The fraction of sp³-hybridized carbons (Fsp3) is 0.227. The molecule has 1 amide bonds. The van der Waals surface area contributed by atoms with Crippen molar-refractivity contribution >= 4 is 22.2 Å². The van der Waals surface area contributed by atoms with E-state index < -0.39 is 0 Å². The van der Waals surface area contributed by atoms with Crippen LogP contribution in [0.1, 0.15) is 38.1 Å². The van der Waals surface area contributed by atoms with Crippen molar-refractivity contribution < 1.29 is 9.90 Å². The minimum atomic E-state index is -0.277. The summed E-state index contributed by atoms with van der Waals surface area (Å²) in [6.45, 7) is 2.76. The molecule has 5 rings (SSSR count). The Hall–Kier alpha value is -2.83. The number of carbonyl (C=O) groups excluding carboxylic acids is 1. The molecular formula is C22H21N3O2S. The van der Waals surface area contributed by atoms with Gasteiger partial charge in [0.25, 0.3) is 5.91 Å². The lowest BCUT2D eigenvalue weighted by Crippen LogP contribution is -2.38. The van der Waals surface area contributed by atoms with Gasteiger partial charge in [0, 0.05) is 24.5 Å². The monoisotopic (exact) mass is 391 g/mol. The van der Waals surface area contributed by atoms with Crippen molar-refractivity contribution in [3.05, 3.63) is 81.7 Å². The lowest BCUT2D eigenvalue weighted by Gasteiger charge is -2.28. The van der Waals surface area contributed by atoms with Gasteiger partial charge in [-0.3, -0.25) is 9.69 Å². The Morgan fingerprint density at radius 3 is 2.64 bits per heavy atom. The number of anilines is 1. The number of hydrogen-bond acceptors (Lipinski definition) is 5. The van der Waals surface area contributed by atoms with E-state index in [1.165, 1.54) is 16.0 Å². The second-order valence-electron chi connectivity index (χ2n) is 7.30. The van der Waals surface area contributed by atoms with Crippen LogP contribution < -0.4 is 10.6 Å². The molecule has 0 fully saturated rings. The molecule has 0 radical (unpaired) electrons. The van der Waals surface area contributed by atoms with E-state index in [4.69, 9.17) is 0 Å². The zero-order chi connectivity index (χ0) is 19.1. The number of nitrogens with one attached hydrogen (secondary N) is 2. The number of fused-ring (bicyclic) bond motifs is 3. The summed E-state index contributed by atoms with van der Waals surface area (Å²) in [6.07, 6.45) is 0.619. The third-order valence-electron chi connectivity index (χ3n) is 5.39. The summed E-state index contributed by atoms with van der Waals surface area (Å²) in [5.74, 6) is 0.206. The molecule has 0 unspecified atom stereocenters. The van der Waals surface area contributed by atoms with E-state index >= 15 is 0 Å². The normalized spacial score (nSPS) is 18.7. The number of rotatable bonds is 3. The van der Waals surface area contributed by atoms with Gasteiger partial charge in [-0.2, -0.15) is 0 Å². The molecule has 2 aliphatic rings. The highest BCUT2D eigenvalue weighted by Crippen LogP contribution is 2.41. The lowest BCUT2D eigenvalue weighted by molar-refractivity contribution is 0.0934. The summed E-state index contributed by atoms with van der Waals surface area (Å²) in [6, 6.07) is 17.4. The van der Waals surface area contributed by atoms with Crippen molar-refractivity contribution in [3.63, 3.8) is 0 Å². The van der Waals surface area contributed by atoms with Crippen molar-refractivity contribution in [3.8, 4) is 5.75 Å². The zero-order valence-corrected chi connectivity index (χ0v) is 16.1. The molecule has 2 aliphatic heterocycles. The molecule has 3 heterocycles. The van der Waals surface area contributed by atoms with Crippen LogP contribution in [0.15, 0.2) is 54.6 Å². The van der Waals surface area contributed by atoms with E-state index in [1.54, 1.807) is 23.5 Å². The molecule has 142 valence electrons. The van der Waals surface area contributed by atoms with Crippen LogP contribution in [0, 0.1) is 0 Å². The van der Waals surface area contributed by atoms with Gasteiger partial charge in [-0.05, 0) is 35.2 Å². The Balaban J connectivity index is 1.38. The molecule has 28 heavy (non-hydrogen) atoms. The average molecular weight is 391 g/mol. The van der Waals surface area contributed by atoms with Gasteiger partial charge in [0.15, 0.2) is 0 Å². The van der Waals surface area contributed by atoms with E-state index in [9.17, 15) is 9.90 Å². The number of carbonyl (C=O) groups is 1. The van der Waals surface area contributed by atoms with Crippen molar-refractivity contribution in [2.75, 3.05) is 11.9 Å². The van der Waals surface area contributed by atoms with Crippen LogP contribution in [0.25, 0.3) is 0 Å². The van der Waals surface area contributed by atoms with Crippen LogP contribution in [0.3, 0.4) is 0 Å². The van der Waals surface area contributed by atoms with Gasteiger partial charge in [0.05, 0.1) is 5.56 Å². The molecule has 0 saturated carbocycles. The summed E-state index contributed by atoms with van der Waals surface area (Å²) in [7, 11) is 0. The standard InChI is InChI=1S/C22H21N3O2S/c26-16-8-6-15(7-9-16)20-23-21(27)19-17-10-11-25(12-14-4-2-1-3-5-14)13-18(17)28-22(19)24-20/h1-9,20,24,26H,10-13H2,(H,23,27)/t20-/m1/s1. The molecule has 3 N–H and O–H groups in total. The predicted octanol–water partition coefficient (Wildman–Crippen LogP) is 3.87. The first-order valence-corrected chi connectivity index (χ1v) is 10.3. The van der Waals surface area contributed by atoms with E-state index in [0.29, 0.717) is 0 Å². The highest BCUT2D eigenvalue weighted by Gasteiger charge is 2.33. The fourth-order valence-corrected chi connectivity index (χ4v) is 5.29. The number of benzene rings is 2. The first-order chi connectivity index (χ1) is 13.7. The van der Waals surface area contributed by atoms with Gasteiger partial charge >= 0.3 is 0 Å². The van der Waals surface area contributed by atoms with Crippen LogP contribution in [-0.2, 0) is 19.5 Å². The Morgan fingerprint density at radius 1 is 1.07 bits per heavy atom. The molecule has 0 bridgehead atoms. The summed E-state index contributed by atoms with van der Waals surface area (Å²) < 4.78 is 0. The smallest absolute Gasteiger partial charge is 0.256 e. The molecular weight excluding hydrogens is 370 g/mol. The predicted molar refractivity (Wildman–Crippen MR) is 111 cm³/mol. The minimum Gasteiger partial charge on any atom is -0.508 e. The summed E-state index contributed by atoms with van der Waals surface area (Å²) in [5.41, 5.74) is 4.25. The maximum absolute atomic E-state index is 12.8. The minimum absolute atomic E-state index is 0.0131. The Labute approximate surface area is 167 Å². The number of aromatic hydroxyl groups is 1. The first kappa shape index (κ1) is 17.3. The SMILES string of the molecule is O=C1N[C@@H](c2ccc(O)cc2)Nc2sc3c(c21)CCN(Cc1ccccc1)C3. The second kappa shape index (κ2) is 6.96. The largest absolute Gasteiger partial charge is 0.508 e. The van der Waals surface area contributed by atoms with Gasteiger partial charge in [-0.25, -0.2) is 0 Å². The fourth-order valence-electron chi connectivity index (χ4n) is 3.98. The maximum Gasteiger partial charge on any atom is 0.256 e. The first-order valence-electron chi connectivity index (χ1n) is 9.44. The van der Waals surface area contributed by atoms with Crippen LogP contribution in [0.4, 0.5) is 5.00 Å². The topological polar surface area (TPSA) is 64.6 Å². The van der Waals surface area contributed by atoms with Gasteiger partial charge < -0.3 is 15.7 Å². The number of hydrogen-bond donors (Lipinski definition) is 3.